The topological polar surface area (TPSA) is 108 Å². The summed E-state index contributed by atoms with van der Waals surface area (Å²) in [4.78, 5) is 33.2. The van der Waals surface area contributed by atoms with E-state index in [4.69, 9.17) is 11.6 Å². The number of pyridine rings is 2. The average molecular weight is 555 g/mol. The highest BCUT2D eigenvalue weighted by atomic mass is 35.5. The standard InChI is InChI=1S/C30H31ClN8O/c1-19-6-9-33-27(12-19)39-10-7-20(8-11-39)14-28(40)37-26-5-4-23-15-22(26)3-2-21-13-24(17-32-16-21)36-30-34-18-25(31)29(35-23)38-30/h4-6,9,12-13,15-18,20H,2-3,7-8,10-11,14H2,1H3,(H,37,40)(H2,34,35,36,38). The number of halogens is 1. The van der Waals surface area contributed by atoms with E-state index in [1.165, 1.54) is 5.56 Å². The lowest BCUT2D eigenvalue weighted by molar-refractivity contribution is -0.117. The molecule has 3 aromatic heterocycles. The van der Waals surface area contributed by atoms with Crippen LogP contribution in [0.2, 0.25) is 5.02 Å². The van der Waals surface area contributed by atoms with Crippen LogP contribution < -0.4 is 20.9 Å². The van der Waals surface area contributed by atoms with Crippen LogP contribution in [-0.2, 0) is 17.6 Å². The molecule has 204 valence electrons. The zero-order valence-electron chi connectivity index (χ0n) is 22.3. The predicted molar refractivity (Wildman–Crippen MR) is 159 cm³/mol. The lowest BCUT2D eigenvalue weighted by Crippen LogP contribution is -2.35. The van der Waals surface area contributed by atoms with Gasteiger partial charge in [-0.1, -0.05) is 11.6 Å². The Morgan fingerprint density at radius 3 is 2.75 bits per heavy atom. The van der Waals surface area contributed by atoms with Gasteiger partial charge in [-0.15, -0.1) is 0 Å². The number of fused-ring (bicyclic) bond motifs is 6. The van der Waals surface area contributed by atoms with Crippen molar-refractivity contribution >= 4 is 52.2 Å². The van der Waals surface area contributed by atoms with Gasteiger partial charge in [0.25, 0.3) is 0 Å². The molecule has 0 saturated carbocycles. The van der Waals surface area contributed by atoms with Crippen molar-refractivity contribution in [3.05, 3.63) is 82.9 Å². The first kappa shape index (κ1) is 26.0. The summed E-state index contributed by atoms with van der Waals surface area (Å²) in [6.07, 6.45) is 11.0. The molecule has 6 rings (SSSR count). The second kappa shape index (κ2) is 11.5. The Morgan fingerprint density at radius 2 is 1.90 bits per heavy atom. The van der Waals surface area contributed by atoms with Crippen LogP contribution in [0.3, 0.4) is 0 Å². The minimum atomic E-state index is 0.0448. The molecule has 1 fully saturated rings. The van der Waals surface area contributed by atoms with Gasteiger partial charge in [-0.05, 0) is 91.6 Å². The first-order valence-corrected chi connectivity index (χ1v) is 14.0. The third-order valence-corrected chi connectivity index (χ3v) is 7.71. The van der Waals surface area contributed by atoms with Crippen molar-refractivity contribution in [2.24, 2.45) is 5.92 Å². The third-order valence-electron chi connectivity index (χ3n) is 7.43. The van der Waals surface area contributed by atoms with Crippen molar-refractivity contribution in [3.8, 4) is 0 Å². The molecule has 9 nitrogen and oxygen atoms in total. The number of rotatable bonds is 4. The summed E-state index contributed by atoms with van der Waals surface area (Å²) in [5, 5.41) is 10.1. The molecular weight excluding hydrogens is 524 g/mol. The number of anilines is 6. The molecule has 5 heterocycles. The summed E-state index contributed by atoms with van der Waals surface area (Å²) in [5.41, 5.74) is 5.77. The summed E-state index contributed by atoms with van der Waals surface area (Å²) >= 11 is 6.39. The molecule has 40 heavy (non-hydrogen) atoms. The Bertz CT molecular complexity index is 1540. The summed E-state index contributed by atoms with van der Waals surface area (Å²) in [6.45, 7) is 3.91. The molecule has 3 N–H and O–H groups in total. The first-order valence-electron chi connectivity index (χ1n) is 13.6. The zero-order valence-corrected chi connectivity index (χ0v) is 23.1. The van der Waals surface area contributed by atoms with Crippen LogP contribution in [0.25, 0.3) is 0 Å². The van der Waals surface area contributed by atoms with Gasteiger partial charge in [-0.2, -0.15) is 4.98 Å². The number of hydrogen-bond acceptors (Lipinski definition) is 8. The molecule has 0 spiro atoms. The fourth-order valence-electron chi connectivity index (χ4n) is 5.28. The van der Waals surface area contributed by atoms with E-state index in [0.29, 0.717) is 29.1 Å². The highest BCUT2D eigenvalue weighted by molar-refractivity contribution is 6.32. The number of aryl methyl sites for hydroxylation is 3. The highest BCUT2D eigenvalue weighted by Crippen LogP contribution is 2.30. The van der Waals surface area contributed by atoms with E-state index in [1.807, 2.05) is 42.7 Å². The smallest absolute Gasteiger partial charge is 0.229 e. The minimum absolute atomic E-state index is 0.0448. The van der Waals surface area contributed by atoms with Gasteiger partial charge in [0.2, 0.25) is 11.9 Å². The van der Waals surface area contributed by atoms with Gasteiger partial charge in [0, 0.05) is 43.3 Å². The van der Waals surface area contributed by atoms with Crippen molar-refractivity contribution < 1.29 is 4.79 Å². The Morgan fingerprint density at radius 1 is 1.02 bits per heavy atom. The lowest BCUT2D eigenvalue weighted by atomic mass is 9.93. The van der Waals surface area contributed by atoms with Crippen molar-refractivity contribution in [2.45, 2.75) is 39.0 Å². The Kier molecular flexibility index (Phi) is 7.46. The van der Waals surface area contributed by atoms with E-state index in [0.717, 1.165) is 72.8 Å². The highest BCUT2D eigenvalue weighted by Gasteiger charge is 2.23. The number of carbonyl (C=O) groups is 1. The third kappa shape index (κ3) is 6.15. The SMILES string of the molecule is Cc1ccnc(N2CCC(CC(=O)Nc3ccc4cc3CCc3cncc(c3)Nc3ncc(Cl)c(n3)N4)CC2)c1. The lowest BCUT2D eigenvalue weighted by Gasteiger charge is -2.32. The Labute approximate surface area is 238 Å². The largest absolute Gasteiger partial charge is 0.357 e. The summed E-state index contributed by atoms with van der Waals surface area (Å²) in [6, 6.07) is 12.1. The molecule has 2 aliphatic heterocycles. The van der Waals surface area contributed by atoms with Crippen molar-refractivity contribution in [1.82, 2.24) is 19.9 Å². The summed E-state index contributed by atoms with van der Waals surface area (Å²) in [5.74, 6) is 2.34. The van der Waals surface area contributed by atoms with E-state index in [-0.39, 0.29) is 5.91 Å². The number of amides is 1. The van der Waals surface area contributed by atoms with Crippen LogP contribution in [0, 0.1) is 12.8 Å². The van der Waals surface area contributed by atoms with E-state index in [2.05, 4.69) is 53.8 Å². The Hall–Kier alpha value is -4.24. The maximum absolute atomic E-state index is 13.2. The number of aromatic nitrogens is 4. The number of hydrogen-bond donors (Lipinski definition) is 3. The Balaban J connectivity index is 1.16. The average Bonchev–Trinajstić information content (AvgIpc) is 2.95. The van der Waals surface area contributed by atoms with Crippen LogP contribution >= 0.6 is 11.6 Å². The number of nitrogens with zero attached hydrogens (tertiary/aromatic N) is 5. The number of benzene rings is 1. The van der Waals surface area contributed by atoms with Gasteiger partial charge in [0.05, 0.1) is 18.1 Å². The molecular formula is C30H31ClN8O. The zero-order chi connectivity index (χ0) is 27.5. The number of piperidine rings is 1. The van der Waals surface area contributed by atoms with Crippen LogP contribution in [0.15, 0.2) is 61.2 Å². The molecule has 0 atom stereocenters. The van der Waals surface area contributed by atoms with Crippen molar-refractivity contribution in [3.63, 3.8) is 0 Å². The van der Waals surface area contributed by atoms with Gasteiger partial charge in [0.1, 0.15) is 10.8 Å². The molecule has 10 heteroatoms. The second-order valence-corrected chi connectivity index (χ2v) is 10.9. The van der Waals surface area contributed by atoms with Crippen molar-refractivity contribution in [1.29, 1.82) is 0 Å². The second-order valence-electron chi connectivity index (χ2n) is 10.5. The molecule has 1 amide bonds. The predicted octanol–water partition coefficient (Wildman–Crippen LogP) is 6.06. The molecule has 4 aromatic rings. The molecule has 1 aromatic carbocycles. The van der Waals surface area contributed by atoms with E-state index in [9.17, 15) is 4.79 Å². The molecule has 1 saturated heterocycles. The molecule has 0 aliphatic carbocycles. The van der Waals surface area contributed by atoms with Crippen LogP contribution in [0.1, 0.15) is 36.0 Å². The van der Waals surface area contributed by atoms with Crippen LogP contribution in [0.4, 0.5) is 34.6 Å². The number of carbonyl (C=O) groups excluding carboxylic acids is 1. The monoisotopic (exact) mass is 554 g/mol. The van der Waals surface area contributed by atoms with Gasteiger partial charge in [0.15, 0.2) is 5.82 Å². The summed E-state index contributed by atoms with van der Waals surface area (Å²) in [7, 11) is 0. The van der Waals surface area contributed by atoms with E-state index in [1.54, 1.807) is 12.4 Å². The molecule has 0 radical (unpaired) electrons. The minimum Gasteiger partial charge on any atom is -0.357 e. The maximum Gasteiger partial charge on any atom is 0.229 e. The quantitative estimate of drug-likeness (QED) is 0.279. The van der Waals surface area contributed by atoms with E-state index >= 15 is 0 Å². The van der Waals surface area contributed by atoms with Gasteiger partial charge in [-0.25, -0.2) is 9.97 Å². The van der Waals surface area contributed by atoms with Crippen molar-refractivity contribution in [2.75, 3.05) is 33.9 Å². The fraction of sp³-hybridized carbons (Fsp3) is 0.300. The van der Waals surface area contributed by atoms with Gasteiger partial charge in [-0.3, -0.25) is 9.78 Å². The molecule has 0 unspecified atom stereocenters. The molecule has 6 bridgehead atoms. The number of nitrogens with one attached hydrogen (secondary N) is 3. The first-order chi connectivity index (χ1) is 19.5. The summed E-state index contributed by atoms with van der Waals surface area (Å²) < 4.78 is 0. The van der Waals surface area contributed by atoms with Crippen LogP contribution in [-0.4, -0.2) is 38.9 Å². The molecule has 2 aliphatic rings. The fourth-order valence-corrected chi connectivity index (χ4v) is 5.41. The van der Waals surface area contributed by atoms with Gasteiger partial charge < -0.3 is 20.9 Å². The maximum atomic E-state index is 13.2. The van der Waals surface area contributed by atoms with E-state index < -0.39 is 0 Å². The van der Waals surface area contributed by atoms with Gasteiger partial charge >= 0.3 is 0 Å². The normalized spacial score (nSPS) is 15.1. The van der Waals surface area contributed by atoms with Crippen LogP contribution in [0.5, 0.6) is 0 Å².